The van der Waals surface area contributed by atoms with E-state index in [1.807, 2.05) is 6.20 Å². The van der Waals surface area contributed by atoms with Crippen LogP contribution < -0.4 is 5.32 Å². The van der Waals surface area contributed by atoms with E-state index in [2.05, 4.69) is 22.6 Å². The smallest absolute Gasteiger partial charge is 0.109 e. The summed E-state index contributed by atoms with van der Waals surface area (Å²) in [5.74, 6) is 4.06. The lowest BCUT2D eigenvalue weighted by Crippen LogP contribution is -2.54. The molecule has 4 saturated carbocycles. The number of hydrogen-bond donors (Lipinski definition) is 1. The van der Waals surface area contributed by atoms with E-state index in [4.69, 9.17) is 0 Å². The number of thiazole rings is 1. The largest absolute Gasteiger partial charge is 0.305 e. The fourth-order valence-electron chi connectivity index (χ4n) is 5.01. The van der Waals surface area contributed by atoms with Crippen LogP contribution in [0.4, 0.5) is 0 Å². The van der Waals surface area contributed by atoms with Crippen LogP contribution >= 0.6 is 11.3 Å². The van der Waals surface area contributed by atoms with Crippen LogP contribution in [0.5, 0.6) is 0 Å². The monoisotopic (exact) mass is 262 g/mol. The second-order valence-corrected chi connectivity index (χ2v) is 7.64. The first-order valence-electron chi connectivity index (χ1n) is 7.45. The van der Waals surface area contributed by atoms with Crippen molar-refractivity contribution >= 4 is 11.3 Å². The summed E-state index contributed by atoms with van der Waals surface area (Å²) in [4.78, 5) is 4.46. The molecule has 98 valence electrons. The topological polar surface area (TPSA) is 24.9 Å². The molecule has 0 radical (unpaired) electrons. The molecule has 5 rings (SSSR count). The third-order valence-electron chi connectivity index (χ3n) is 5.49. The average Bonchev–Trinajstić information content (AvgIpc) is 2.86. The van der Waals surface area contributed by atoms with Gasteiger partial charge in [-0.2, -0.15) is 0 Å². The lowest BCUT2D eigenvalue weighted by atomic mass is 9.54. The highest BCUT2D eigenvalue weighted by Crippen LogP contribution is 2.54. The molecule has 3 heteroatoms. The van der Waals surface area contributed by atoms with E-state index in [9.17, 15) is 0 Å². The molecule has 0 saturated heterocycles. The van der Waals surface area contributed by atoms with Crippen LogP contribution in [-0.4, -0.2) is 11.0 Å². The zero-order valence-corrected chi connectivity index (χ0v) is 11.8. The minimum Gasteiger partial charge on any atom is -0.305 e. The Kier molecular flexibility index (Phi) is 2.73. The molecule has 4 bridgehead atoms. The van der Waals surface area contributed by atoms with E-state index in [-0.39, 0.29) is 0 Å². The van der Waals surface area contributed by atoms with E-state index in [0.717, 1.165) is 29.7 Å². The number of hydrogen-bond acceptors (Lipinski definition) is 3. The minimum absolute atomic E-state index is 0.438. The Hall–Kier alpha value is -0.410. The van der Waals surface area contributed by atoms with Gasteiger partial charge in [-0.25, -0.2) is 4.98 Å². The van der Waals surface area contributed by atoms with Gasteiger partial charge in [0.05, 0.1) is 6.04 Å². The molecule has 0 spiro atoms. The molecular formula is C15H22N2S. The van der Waals surface area contributed by atoms with Crippen LogP contribution in [0.25, 0.3) is 0 Å². The summed E-state index contributed by atoms with van der Waals surface area (Å²) in [7, 11) is 0. The van der Waals surface area contributed by atoms with Gasteiger partial charge in [0.1, 0.15) is 5.01 Å². The summed E-state index contributed by atoms with van der Waals surface area (Å²) in [6.45, 7) is 2.28. The lowest BCUT2D eigenvalue weighted by Gasteiger charge is -2.55. The Morgan fingerprint density at radius 1 is 1.17 bits per heavy atom. The first-order chi connectivity index (χ1) is 8.79. The van der Waals surface area contributed by atoms with Crippen LogP contribution in [-0.2, 0) is 0 Å². The molecule has 1 heterocycles. The summed E-state index contributed by atoms with van der Waals surface area (Å²) in [6, 6.07) is 1.21. The van der Waals surface area contributed by atoms with E-state index in [1.54, 1.807) is 17.8 Å². The van der Waals surface area contributed by atoms with Gasteiger partial charge in [0.2, 0.25) is 0 Å². The molecule has 4 aliphatic rings. The van der Waals surface area contributed by atoms with E-state index in [0.29, 0.717) is 6.04 Å². The molecule has 0 amide bonds. The van der Waals surface area contributed by atoms with Crippen molar-refractivity contribution in [1.82, 2.24) is 10.3 Å². The molecule has 1 atom stereocenters. The highest BCUT2D eigenvalue weighted by molar-refractivity contribution is 7.09. The molecule has 1 unspecified atom stereocenters. The van der Waals surface area contributed by atoms with E-state index in [1.165, 1.54) is 30.7 Å². The summed E-state index contributed by atoms with van der Waals surface area (Å²) in [5.41, 5.74) is 0. The minimum atomic E-state index is 0.438. The van der Waals surface area contributed by atoms with Crippen molar-refractivity contribution in [2.24, 2.45) is 23.7 Å². The fourth-order valence-corrected chi connectivity index (χ4v) is 5.66. The Labute approximate surface area is 113 Å². The summed E-state index contributed by atoms with van der Waals surface area (Å²) >= 11 is 1.78. The highest BCUT2D eigenvalue weighted by atomic mass is 32.1. The van der Waals surface area contributed by atoms with Gasteiger partial charge in [0.25, 0.3) is 0 Å². The molecule has 0 aromatic carbocycles. The normalized spacial score (nSPS) is 43.3. The zero-order chi connectivity index (χ0) is 12.1. The molecule has 0 aliphatic heterocycles. The maximum absolute atomic E-state index is 4.46. The predicted molar refractivity (Wildman–Crippen MR) is 74.5 cm³/mol. The van der Waals surface area contributed by atoms with Crippen molar-refractivity contribution in [2.75, 3.05) is 0 Å². The third-order valence-corrected chi connectivity index (χ3v) is 6.45. The van der Waals surface area contributed by atoms with Gasteiger partial charge in [-0.1, -0.05) is 0 Å². The van der Waals surface area contributed by atoms with Crippen LogP contribution in [0, 0.1) is 23.7 Å². The quantitative estimate of drug-likeness (QED) is 0.900. The van der Waals surface area contributed by atoms with Crippen LogP contribution in [0.15, 0.2) is 11.6 Å². The first-order valence-corrected chi connectivity index (χ1v) is 8.33. The van der Waals surface area contributed by atoms with E-state index < -0.39 is 0 Å². The SMILES string of the molecule is CC(NC1C2CC3CC(C2)CC1C3)c1nccs1. The van der Waals surface area contributed by atoms with Crippen LogP contribution in [0.3, 0.4) is 0 Å². The highest BCUT2D eigenvalue weighted by Gasteiger charge is 2.48. The van der Waals surface area contributed by atoms with Gasteiger partial charge in [0.15, 0.2) is 0 Å². The average molecular weight is 262 g/mol. The van der Waals surface area contributed by atoms with E-state index >= 15 is 0 Å². The van der Waals surface area contributed by atoms with Crippen LogP contribution in [0.1, 0.15) is 50.1 Å². The Balaban J connectivity index is 1.49. The second-order valence-electron chi connectivity index (χ2n) is 6.72. The Bertz CT molecular complexity index is 386. The standard InChI is InChI=1S/C15H22N2S/c1-9(15-16-2-3-18-15)17-14-12-5-10-4-11(7-12)8-13(14)6-10/h2-3,9-14,17H,4-8H2,1H3. The van der Waals surface area contributed by atoms with Crippen molar-refractivity contribution in [3.8, 4) is 0 Å². The van der Waals surface area contributed by atoms with Gasteiger partial charge in [-0.15, -0.1) is 11.3 Å². The van der Waals surface area contributed by atoms with Crippen molar-refractivity contribution in [2.45, 2.75) is 51.1 Å². The zero-order valence-electron chi connectivity index (χ0n) is 11.0. The molecule has 1 aromatic rings. The second kappa shape index (κ2) is 4.31. The maximum atomic E-state index is 4.46. The number of nitrogens with one attached hydrogen (secondary N) is 1. The van der Waals surface area contributed by atoms with Gasteiger partial charge in [0, 0.05) is 17.6 Å². The first kappa shape index (κ1) is 11.4. The Morgan fingerprint density at radius 3 is 2.39 bits per heavy atom. The predicted octanol–water partition coefficient (Wildman–Crippen LogP) is 3.62. The van der Waals surface area contributed by atoms with Gasteiger partial charge in [-0.3, -0.25) is 0 Å². The molecular weight excluding hydrogens is 240 g/mol. The third kappa shape index (κ3) is 1.83. The Morgan fingerprint density at radius 2 is 1.83 bits per heavy atom. The van der Waals surface area contributed by atoms with Crippen molar-refractivity contribution in [3.05, 3.63) is 16.6 Å². The maximum Gasteiger partial charge on any atom is 0.109 e. The molecule has 2 nitrogen and oxygen atoms in total. The summed E-state index contributed by atoms with van der Waals surface area (Å²) in [5, 5.41) is 7.25. The molecule has 1 N–H and O–H groups in total. The molecule has 4 fully saturated rings. The van der Waals surface area contributed by atoms with Crippen LogP contribution in [0.2, 0.25) is 0 Å². The van der Waals surface area contributed by atoms with Crippen molar-refractivity contribution in [3.63, 3.8) is 0 Å². The fraction of sp³-hybridized carbons (Fsp3) is 0.800. The molecule has 1 aromatic heterocycles. The van der Waals surface area contributed by atoms with Crippen molar-refractivity contribution in [1.29, 1.82) is 0 Å². The van der Waals surface area contributed by atoms with Gasteiger partial charge >= 0.3 is 0 Å². The number of nitrogens with zero attached hydrogens (tertiary/aromatic N) is 1. The molecule has 18 heavy (non-hydrogen) atoms. The van der Waals surface area contributed by atoms with Gasteiger partial charge in [-0.05, 0) is 62.7 Å². The molecule has 4 aliphatic carbocycles. The number of aromatic nitrogens is 1. The number of rotatable bonds is 3. The lowest BCUT2D eigenvalue weighted by molar-refractivity contribution is -0.0171. The van der Waals surface area contributed by atoms with Gasteiger partial charge < -0.3 is 5.32 Å². The summed E-state index contributed by atoms with van der Waals surface area (Å²) < 4.78 is 0. The summed E-state index contributed by atoms with van der Waals surface area (Å²) in [6.07, 6.45) is 9.45. The van der Waals surface area contributed by atoms with Crippen molar-refractivity contribution < 1.29 is 0 Å².